The second-order valence-electron chi connectivity index (χ2n) is 3.85. The Morgan fingerprint density at radius 2 is 1.79 bits per heavy atom. The molecule has 0 bridgehead atoms. The molecule has 0 N–H and O–H groups in total. The van der Waals surface area contributed by atoms with Gasteiger partial charge in [-0.25, -0.2) is 4.98 Å². The number of hydrogen-bond acceptors (Lipinski definition) is 2. The largest absolute Gasteiger partial charge is 0.451 e. The highest BCUT2D eigenvalue weighted by Gasteiger charge is 1.95. The van der Waals surface area contributed by atoms with Crippen molar-refractivity contribution >= 4 is 0 Å². The van der Waals surface area contributed by atoms with E-state index in [1.54, 1.807) is 6.26 Å². The smallest absolute Gasteiger partial charge is 0.180 e. The van der Waals surface area contributed by atoms with E-state index in [1.165, 1.54) is 51.3 Å². The van der Waals surface area contributed by atoms with Gasteiger partial charge in [0.2, 0.25) is 0 Å². The Hall–Kier alpha value is -0.790. The van der Waals surface area contributed by atoms with Gasteiger partial charge in [-0.1, -0.05) is 45.4 Å². The van der Waals surface area contributed by atoms with Crippen LogP contribution in [0.3, 0.4) is 0 Å². The summed E-state index contributed by atoms with van der Waals surface area (Å²) < 4.78 is 4.91. The van der Waals surface area contributed by atoms with Gasteiger partial charge in [0, 0.05) is 0 Å². The van der Waals surface area contributed by atoms with E-state index in [1.807, 2.05) is 0 Å². The van der Waals surface area contributed by atoms with E-state index in [0.29, 0.717) is 0 Å². The number of aromatic nitrogens is 1. The van der Waals surface area contributed by atoms with Crippen LogP contribution in [0.1, 0.15) is 57.6 Å². The maximum Gasteiger partial charge on any atom is 0.180 e. The van der Waals surface area contributed by atoms with Gasteiger partial charge in [-0.3, -0.25) is 0 Å². The van der Waals surface area contributed by atoms with Crippen LogP contribution in [-0.4, -0.2) is 4.98 Å². The van der Waals surface area contributed by atoms with Gasteiger partial charge in [-0.15, -0.1) is 0 Å². The fourth-order valence-corrected chi connectivity index (χ4v) is 1.62. The molecule has 0 aliphatic rings. The molecule has 2 heteroatoms. The van der Waals surface area contributed by atoms with Gasteiger partial charge >= 0.3 is 0 Å². The van der Waals surface area contributed by atoms with Crippen molar-refractivity contribution < 1.29 is 4.42 Å². The molecule has 14 heavy (non-hydrogen) atoms. The van der Waals surface area contributed by atoms with Crippen molar-refractivity contribution in [3.05, 3.63) is 18.4 Å². The van der Waals surface area contributed by atoms with Crippen molar-refractivity contribution in [2.24, 2.45) is 0 Å². The second kappa shape index (κ2) is 7.60. The van der Waals surface area contributed by atoms with E-state index in [-0.39, 0.29) is 0 Å². The number of hydrogen-bond donors (Lipinski definition) is 0. The molecule has 0 radical (unpaired) electrons. The van der Waals surface area contributed by atoms with Crippen molar-refractivity contribution in [3.8, 4) is 0 Å². The molecule has 0 spiro atoms. The average molecular weight is 195 g/mol. The zero-order valence-electron chi connectivity index (χ0n) is 9.17. The van der Waals surface area contributed by atoms with E-state index >= 15 is 0 Å². The van der Waals surface area contributed by atoms with Crippen molar-refractivity contribution in [1.29, 1.82) is 0 Å². The minimum absolute atomic E-state index is 1.07. The molecule has 0 saturated heterocycles. The van der Waals surface area contributed by atoms with Crippen LogP contribution >= 0.6 is 0 Å². The highest BCUT2D eigenvalue weighted by atomic mass is 16.3. The molecule has 0 atom stereocenters. The maximum absolute atomic E-state index is 4.91. The molecular weight excluding hydrogens is 174 g/mol. The van der Waals surface area contributed by atoms with Crippen molar-refractivity contribution in [2.75, 3.05) is 0 Å². The Labute approximate surface area is 86.7 Å². The quantitative estimate of drug-likeness (QED) is 0.587. The predicted octanol–water partition coefficient (Wildman–Crippen LogP) is 3.97. The van der Waals surface area contributed by atoms with E-state index in [9.17, 15) is 0 Å². The average Bonchev–Trinajstić information content (AvgIpc) is 2.69. The molecule has 80 valence electrons. The van der Waals surface area contributed by atoms with Gasteiger partial charge in [0.15, 0.2) is 6.39 Å². The molecule has 1 heterocycles. The summed E-state index contributed by atoms with van der Waals surface area (Å²) in [5.41, 5.74) is 1.10. The summed E-state index contributed by atoms with van der Waals surface area (Å²) in [5.74, 6) is 0. The molecule has 2 nitrogen and oxygen atoms in total. The van der Waals surface area contributed by atoms with Crippen LogP contribution < -0.4 is 0 Å². The summed E-state index contributed by atoms with van der Waals surface area (Å²) in [7, 11) is 0. The predicted molar refractivity (Wildman–Crippen MR) is 58.2 cm³/mol. The molecule has 0 aromatic carbocycles. The highest BCUT2D eigenvalue weighted by Crippen LogP contribution is 2.09. The van der Waals surface area contributed by atoms with E-state index < -0.39 is 0 Å². The lowest BCUT2D eigenvalue weighted by Gasteiger charge is -1.99. The van der Waals surface area contributed by atoms with E-state index in [2.05, 4.69) is 11.9 Å². The topological polar surface area (TPSA) is 26.0 Å². The first-order valence-corrected chi connectivity index (χ1v) is 5.80. The zero-order chi connectivity index (χ0) is 10.1. The Balaban J connectivity index is 1.85. The Kier molecular flexibility index (Phi) is 6.13. The molecule has 0 unspecified atom stereocenters. The summed E-state index contributed by atoms with van der Waals surface area (Å²) >= 11 is 0. The Bertz CT molecular complexity index is 206. The first-order chi connectivity index (χ1) is 6.93. The summed E-state index contributed by atoms with van der Waals surface area (Å²) in [4.78, 5) is 4.10. The van der Waals surface area contributed by atoms with Gasteiger partial charge in [0.05, 0.1) is 5.69 Å². The van der Waals surface area contributed by atoms with Gasteiger partial charge in [-0.2, -0.15) is 0 Å². The third kappa shape index (κ3) is 5.05. The Morgan fingerprint density at radius 3 is 2.43 bits per heavy atom. The van der Waals surface area contributed by atoms with Crippen LogP contribution in [0.4, 0.5) is 0 Å². The normalized spacial score (nSPS) is 10.6. The summed E-state index contributed by atoms with van der Waals surface area (Å²) in [5, 5.41) is 0. The summed E-state index contributed by atoms with van der Waals surface area (Å²) in [6.45, 7) is 2.25. The SMILES string of the molecule is CCCCCCCCCc1cocn1. The highest BCUT2D eigenvalue weighted by molar-refractivity contribution is 4.90. The Morgan fingerprint density at radius 1 is 1.07 bits per heavy atom. The van der Waals surface area contributed by atoms with Crippen LogP contribution in [0.5, 0.6) is 0 Å². The van der Waals surface area contributed by atoms with Crippen LogP contribution in [0.25, 0.3) is 0 Å². The van der Waals surface area contributed by atoms with Crippen molar-refractivity contribution in [3.63, 3.8) is 0 Å². The molecule has 1 aromatic rings. The van der Waals surface area contributed by atoms with Gasteiger partial charge in [0.25, 0.3) is 0 Å². The number of nitrogens with zero attached hydrogens (tertiary/aromatic N) is 1. The van der Waals surface area contributed by atoms with Crippen LogP contribution in [0.2, 0.25) is 0 Å². The number of unbranched alkanes of at least 4 members (excludes halogenated alkanes) is 6. The minimum Gasteiger partial charge on any atom is -0.451 e. The molecule has 1 rings (SSSR count). The second-order valence-corrected chi connectivity index (χ2v) is 3.85. The lowest BCUT2D eigenvalue weighted by atomic mass is 10.1. The summed E-state index contributed by atoms with van der Waals surface area (Å²) in [6, 6.07) is 0. The monoisotopic (exact) mass is 195 g/mol. The molecule has 0 aliphatic heterocycles. The third-order valence-electron chi connectivity index (χ3n) is 2.52. The molecule has 0 aliphatic carbocycles. The molecular formula is C12H21NO. The lowest BCUT2D eigenvalue weighted by molar-refractivity contribution is 0.554. The van der Waals surface area contributed by atoms with Crippen molar-refractivity contribution in [1.82, 2.24) is 4.98 Å². The summed E-state index contributed by atoms with van der Waals surface area (Å²) in [6.07, 6.45) is 13.8. The van der Waals surface area contributed by atoms with E-state index in [4.69, 9.17) is 4.42 Å². The first kappa shape index (κ1) is 11.3. The van der Waals surface area contributed by atoms with Crippen molar-refractivity contribution in [2.45, 2.75) is 58.3 Å². The fraction of sp³-hybridized carbons (Fsp3) is 0.750. The first-order valence-electron chi connectivity index (χ1n) is 5.80. The minimum atomic E-state index is 1.07. The fourth-order valence-electron chi connectivity index (χ4n) is 1.62. The van der Waals surface area contributed by atoms with Gasteiger partial charge in [-0.05, 0) is 12.8 Å². The van der Waals surface area contributed by atoms with Crippen LogP contribution in [-0.2, 0) is 6.42 Å². The maximum atomic E-state index is 4.91. The molecule has 1 aromatic heterocycles. The standard InChI is InChI=1S/C12H21NO/c1-2-3-4-5-6-7-8-9-12-10-14-11-13-12/h10-11H,2-9H2,1H3. The molecule has 0 saturated carbocycles. The molecule has 0 fully saturated rings. The number of rotatable bonds is 8. The molecule has 0 amide bonds. The van der Waals surface area contributed by atoms with Crippen LogP contribution in [0.15, 0.2) is 17.1 Å². The zero-order valence-corrected chi connectivity index (χ0v) is 9.17. The van der Waals surface area contributed by atoms with E-state index in [0.717, 1.165) is 12.1 Å². The van der Waals surface area contributed by atoms with Gasteiger partial charge in [0.1, 0.15) is 6.26 Å². The van der Waals surface area contributed by atoms with Crippen LogP contribution in [0, 0.1) is 0 Å². The number of aryl methyl sites for hydroxylation is 1. The number of oxazole rings is 1. The third-order valence-corrected chi connectivity index (χ3v) is 2.52. The lowest BCUT2D eigenvalue weighted by Crippen LogP contribution is -1.85. The van der Waals surface area contributed by atoms with Gasteiger partial charge < -0.3 is 4.42 Å².